The minimum absolute atomic E-state index is 0.000988. The van der Waals surface area contributed by atoms with Crippen LogP contribution in [0, 0.1) is 0 Å². The molecule has 166 valence electrons. The molecule has 0 saturated heterocycles. The van der Waals surface area contributed by atoms with Crippen molar-refractivity contribution >= 4 is 48.6 Å². The molecule has 1 aromatic heterocycles. The molecule has 0 atom stereocenters. The monoisotopic (exact) mass is 475 g/mol. The summed E-state index contributed by atoms with van der Waals surface area (Å²) in [6, 6.07) is 23.0. The number of phenols is 2. The van der Waals surface area contributed by atoms with E-state index >= 15 is 0 Å². The normalized spacial score (nSPS) is 11.8. The summed E-state index contributed by atoms with van der Waals surface area (Å²) in [5.74, 6) is -0.0245. The van der Waals surface area contributed by atoms with Crippen molar-refractivity contribution in [3.05, 3.63) is 83.7 Å². The second kappa shape index (κ2) is 8.10. The number of hydrogen-bond acceptors (Lipinski definition) is 5. The van der Waals surface area contributed by atoms with Gasteiger partial charge in [-0.15, -0.1) is 11.3 Å². The molecule has 7 heteroatoms. The van der Waals surface area contributed by atoms with Gasteiger partial charge < -0.3 is 10.2 Å². The van der Waals surface area contributed by atoms with Crippen molar-refractivity contribution < 1.29 is 18.6 Å². The second-order valence-electron chi connectivity index (χ2n) is 7.73. The molecule has 5 aromatic rings. The number of rotatable bonds is 5. The van der Waals surface area contributed by atoms with Gasteiger partial charge in [0.1, 0.15) is 15.7 Å². The van der Waals surface area contributed by atoms with Gasteiger partial charge in [0.05, 0.1) is 5.69 Å². The Hall–Kier alpha value is -3.55. The number of phenolic OH excluding ortho intramolecular Hbond substituents is 2. The Labute approximate surface area is 195 Å². The Morgan fingerprint density at radius 1 is 0.848 bits per heavy atom. The number of nitrogens with one attached hydrogen (secondary N) is 1. The number of fused-ring (bicyclic) bond motifs is 2. The van der Waals surface area contributed by atoms with Crippen LogP contribution in [0.4, 0.5) is 5.69 Å². The summed E-state index contributed by atoms with van der Waals surface area (Å²) < 4.78 is 29.3. The molecule has 0 amide bonds. The van der Waals surface area contributed by atoms with Crippen LogP contribution in [0.15, 0.2) is 83.1 Å². The number of aryl methyl sites for hydroxylation is 1. The summed E-state index contributed by atoms with van der Waals surface area (Å²) in [5.41, 5.74) is 1.12. The number of benzene rings is 4. The summed E-state index contributed by atoms with van der Waals surface area (Å²) in [4.78, 5) is 0.979. The first-order valence-electron chi connectivity index (χ1n) is 10.5. The van der Waals surface area contributed by atoms with E-state index in [4.69, 9.17) is 0 Å². The molecule has 3 N–H and O–H groups in total. The van der Waals surface area contributed by atoms with Crippen molar-refractivity contribution in [1.82, 2.24) is 0 Å². The molecule has 0 saturated carbocycles. The molecule has 0 unspecified atom stereocenters. The van der Waals surface area contributed by atoms with E-state index in [0.717, 1.165) is 22.1 Å². The molecule has 4 aromatic carbocycles. The van der Waals surface area contributed by atoms with Gasteiger partial charge in [0.25, 0.3) is 10.0 Å². The molecule has 0 aliphatic heterocycles. The van der Waals surface area contributed by atoms with Crippen molar-refractivity contribution in [2.45, 2.75) is 17.6 Å². The fraction of sp³-hybridized carbons (Fsp3) is 0.0769. The first-order valence-corrected chi connectivity index (χ1v) is 12.8. The standard InChI is InChI=1S/C26H21NO4S2/c1-2-17-12-14-24(32-17)33(30,31)27-22-15-21(26(29)20-10-6-5-9-19(20)22)25-18-8-4-3-7-16(18)11-13-23(25)28/h3-15,27-29H,2H2,1H3. The van der Waals surface area contributed by atoms with E-state index in [9.17, 15) is 18.6 Å². The van der Waals surface area contributed by atoms with E-state index in [1.54, 1.807) is 48.5 Å². The third-order valence-corrected chi connectivity index (χ3v) is 8.77. The largest absolute Gasteiger partial charge is 0.507 e. The van der Waals surface area contributed by atoms with Crippen LogP contribution in [0.2, 0.25) is 0 Å². The van der Waals surface area contributed by atoms with Crippen LogP contribution >= 0.6 is 11.3 Å². The van der Waals surface area contributed by atoms with Gasteiger partial charge in [-0.05, 0) is 41.5 Å². The number of sulfonamides is 1. The van der Waals surface area contributed by atoms with Gasteiger partial charge in [-0.1, -0.05) is 61.5 Å². The summed E-state index contributed by atoms with van der Waals surface area (Å²) in [6.45, 7) is 1.98. The van der Waals surface area contributed by atoms with Crippen molar-refractivity contribution in [3.63, 3.8) is 0 Å². The fourth-order valence-corrected chi connectivity index (χ4v) is 6.43. The zero-order chi connectivity index (χ0) is 23.2. The Balaban J connectivity index is 1.75. The third-order valence-electron chi connectivity index (χ3n) is 5.69. The minimum Gasteiger partial charge on any atom is -0.507 e. The van der Waals surface area contributed by atoms with Crippen LogP contribution in [0.1, 0.15) is 11.8 Å². The molecule has 0 bridgehead atoms. The lowest BCUT2D eigenvalue weighted by Gasteiger charge is -2.17. The van der Waals surface area contributed by atoms with Crippen LogP contribution < -0.4 is 4.72 Å². The predicted octanol–water partition coefficient (Wildman–Crippen LogP) is 6.50. The van der Waals surface area contributed by atoms with Crippen molar-refractivity contribution in [2.75, 3.05) is 4.72 Å². The highest BCUT2D eigenvalue weighted by molar-refractivity contribution is 7.94. The molecule has 0 aliphatic carbocycles. The molecule has 0 fully saturated rings. The topological polar surface area (TPSA) is 86.6 Å². The summed E-state index contributed by atoms with van der Waals surface area (Å²) in [5, 5.41) is 24.6. The molecular weight excluding hydrogens is 454 g/mol. The van der Waals surface area contributed by atoms with E-state index in [1.807, 2.05) is 37.3 Å². The van der Waals surface area contributed by atoms with Gasteiger partial charge in [0, 0.05) is 26.8 Å². The van der Waals surface area contributed by atoms with Gasteiger partial charge in [0.2, 0.25) is 0 Å². The number of thiophene rings is 1. The van der Waals surface area contributed by atoms with Crippen molar-refractivity contribution in [1.29, 1.82) is 0 Å². The van der Waals surface area contributed by atoms with Gasteiger partial charge in [-0.2, -0.15) is 0 Å². The molecule has 0 spiro atoms. The Bertz CT molecular complexity index is 1620. The molecule has 5 nitrogen and oxygen atoms in total. The quantitative estimate of drug-likeness (QED) is 0.253. The summed E-state index contributed by atoms with van der Waals surface area (Å²) >= 11 is 1.23. The average Bonchev–Trinajstić information content (AvgIpc) is 3.32. The van der Waals surface area contributed by atoms with Crippen LogP contribution in [0.3, 0.4) is 0 Å². The van der Waals surface area contributed by atoms with Gasteiger partial charge >= 0.3 is 0 Å². The summed E-state index contributed by atoms with van der Waals surface area (Å²) in [7, 11) is -3.83. The number of anilines is 1. The van der Waals surface area contributed by atoms with Gasteiger partial charge in [0.15, 0.2) is 0 Å². The molecular formula is C26H21NO4S2. The predicted molar refractivity (Wildman–Crippen MR) is 135 cm³/mol. The van der Waals surface area contributed by atoms with Gasteiger partial charge in [-0.25, -0.2) is 8.42 Å². The van der Waals surface area contributed by atoms with Crippen LogP contribution in [0.25, 0.3) is 32.7 Å². The molecule has 1 heterocycles. The highest BCUT2D eigenvalue weighted by Crippen LogP contribution is 2.46. The molecule has 0 aliphatic rings. The zero-order valence-electron chi connectivity index (χ0n) is 17.7. The first-order chi connectivity index (χ1) is 15.9. The van der Waals surface area contributed by atoms with Crippen LogP contribution in [-0.4, -0.2) is 18.6 Å². The second-order valence-corrected chi connectivity index (χ2v) is 10.8. The third kappa shape index (κ3) is 3.69. The average molecular weight is 476 g/mol. The lowest BCUT2D eigenvalue weighted by atomic mass is 9.93. The molecule has 5 rings (SSSR count). The fourth-order valence-electron chi connectivity index (χ4n) is 4.07. The van der Waals surface area contributed by atoms with Crippen LogP contribution in [0.5, 0.6) is 11.5 Å². The maximum Gasteiger partial charge on any atom is 0.271 e. The first kappa shape index (κ1) is 21.3. The minimum atomic E-state index is -3.83. The SMILES string of the molecule is CCc1ccc(S(=O)(=O)Nc2cc(-c3c(O)ccc4ccccc34)c(O)c3ccccc23)s1. The van der Waals surface area contributed by atoms with Crippen molar-refractivity contribution in [3.8, 4) is 22.6 Å². The van der Waals surface area contributed by atoms with Crippen LogP contribution in [-0.2, 0) is 16.4 Å². The lowest BCUT2D eigenvalue weighted by molar-refractivity contribution is 0.472. The highest BCUT2D eigenvalue weighted by atomic mass is 32.2. The molecule has 0 radical (unpaired) electrons. The van der Waals surface area contributed by atoms with E-state index in [2.05, 4.69) is 4.72 Å². The Morgan fingerprint density at radius 3 is 2.27 bits per heavy atom. The maximum absolute atomic E-state index is 13.2. The van der Waals surface area contributed by atoms with Gasteiger partial charge in [-0.3, -0.25) is 4.72 Å². The highest BCUT2D eigenvalue weighted by Gasteiger charge is 2.22. The number of hydrogen-bond donors (Lipinski definition) is 3. The van der Waals surface area contributed by atoms with E-state index in [-0.39, 0.29) is 15.7 Å². The van der Waals surface area contributed by atoms with Crippen molar-refractivity contribution in [2.24, 2.45) is 0 Å². The Morgan fingerprint density at radius 2 is 1.55 bits per heavy atom. The number of aromatic hydroxyl groups is 2. The zero-order valence-corrected chi connectivity index (χ0v) is 19.4. The Kier molecular flexibility index (Phi) is 5.23. The molecule has 33 heavy (non-hydrogen) atoms. The van der Waals surface area contributed by atoms with E-state index < -0.39 is 10.0 Å². The van der Waals surface area contributed by atoms with E-state index in [0.29, 0.717) is 27.6 Å². The summed E-state index contributed by atoms with van der Waals surface area (Å²) in [6.07, 6.45) is 0.757. The van der Waals surface area contributed by atoms with E-state index in [1.165, 1.54) is 11.3 Å². The smallest absolute Gasteiger partial charge is 0.271 e. The lowest BCUT2D eigenvalue weighted by Crippen LogP contribution is -2.12. The maximum atomic E-state index is 13.2.